The molecule has 2 amide bonds. The maximum absolute atomic E-state index is 13.3. The lowest BCUT2D eigenvalue weighted by Crippen LogP contribution is -2.40. The first-order valence-electron chi connectivity index (χ1n) is 11.9. The number of hydrogen-bond acceptors (Lipinski definition) is 4. The number of likely N-dealkylation sites (tertiary alicyclic amines) is 2. The van der Waals surface area contributed by atoms with Gasteiger partial charge < -0.3 is 14.8 Å². The topological polar surface area (TPSA) is 69.3 Å². The number of aromatic nitrogens is 2. The van der Waals surface area contributed by atoms with Crippen molar-refractivity contribution in [2.24, 2.45) is 5.92 Å². The van der Waals surface area contributed by atoms with Gasteiger partial charge in [-0.3, -0.25) is 9.59 Å². The third-order valence-electron chi connectivity index (χ3n) is 6.80. The van der Waals surface area contributed by atoms with Crippen molar-refractivity contribution in [2.45, 2.75) is 43.0 Å². The molecule has 6 nitrogen and oxygen atoms in total. The minimum absolute atomic E-state index is 0.0973. The lowest BCUT2D eigenvalue weighted by molar-refractivity contribution is -0.131. The molecule has 2 aliphatic heterocycles. The van der Waals surface area contributed by atoms with E-state index in [4.69, 9.17) is 0 Å². The lowest BCUT2D eigenvalue weighted by atomic mass is 9.92. The number of thioether (sulfide) groups is 1. The van der Waals surface area contributed by atoms with Crippen molar-refractivity contribution in [2.75, 3.05) is 26.2 Å². The van der Waals surface area contributed by atoms with E-state index in [2.05, 4.69) is 9.97 Å². The summed E-state index contributed by atoms with van der Waals surface area (Å²) < 4.78 is 0. The number of benzene rings is 2. The van der Waals surface area contributed by atoms with E-state index in [9.17, 15) is 9.59 Å². The Kier molecular flexibility index (Phi) is 6.67. The molecule has 5 rings (SSSR count). The van der Waals surface area contributed by atoms with Gasteiger partial charge in [0.15, 0.2) is 5.16 Å². The number of imidazole rings is 1. The van der Waals surface area contributed by atoms with Crippen molar-refractivity contribution in [1.29, 1.82) is 0 Å². The first-order valence-corrected chi connectivity index (χ1v) is 12.9. The number of para-hydroxylation sites is 2. The number of fused-ring (bicyclic) bond motifs is 1. The molecule has 0 spiro atoms. The first kappa shape index (κ1) is 22.0. The second kappa shape index (κ2) is 10.00. The summed E-state index contributed by atoms with van der Waals surface area (Å²) in [4.78, 5) is 37.8. The molecule has 2 aromatic carbocycles. The van der Waals surface area contributed by atoms with E-state index in [1.807, 2.05) is 58.3 Å². The maximum atomic E-state index is 13.3. The van der Waals surface area contributed by atoms with Crippen molar-refractivity contribution >= 4 is 34.6 Å². The Morgan fingerprint density at radius 2 is 1.67 bits per heavy atom. The van der Waals surface area contributed by atoms with Gasteiger partial charge in [-0.15, -0.1) is 0 Å². The van der Waals surface area contributed by atoms with E-state index in [1.165, 1.54) is 0 Å². The number of hydrogen-bond donors (Lipinski definition) is 1. The van der Waals surface area contributed by atoms with Crippen LogP contribution in [-0.2, 0) is 10.5 Å². The highest BCUT2D eigenvalue weighted by Crippen LogP contribution is 2.27. The summed E-state index contributed by atoms with van der Waals surface area (Å²) in [5.74, 6) is 1.47. The molecule has 0 radical (unpaired) electrons. The summed E-state index contributed by atoms with van der Waals surface area (Å²) in [7, 11) is 0. The number of amides is 2. The normalized spacial score (nSPS) is 17.1. The predicted molar refractivity (Wildman–Crippen MR) is 131 cm³/mol. The van der Waals surface area contributed by atoms with Gasteiger partial charge in [0.2, 0.25) is 5.91 Å². The number of nitrogens with zero attached hydrogens (tertiary/aromatic N) is 3. The molecule has 1 aromatic heterocycles. The Labute approximate surface area is 198 Å². The van der Waals surface area contributed by atoms with Gasteiger partial charge in [0.25, 0.3) is 5.91 Å². The number of nitrogens with one attached hydrogen (secondary N) is 1. The van der Waals surface area contributed by atoms with Crippen LogP contribution in [0.5, 0.6) is 0 Å². The van der Waals surface area contributed by atoms with Crippen molar-refractivity contribution in [1.82, 2.24) is 19.8 Å². The fraction of sp³-hybridized carbons (Fsp3) is 0.423. The number of carbonyl (C=O) groups is 2. The van der Waals surface area contributed by atoms with E-state index in [1.54, 1.807) is 11.8 Å². The van der Waals surface area contributed by atoms with E-state index < -0.39 is 0 Å². The third kappa shape index (κ3) is 5.08. The molecule has 1 N–H and O–H groups in total. The average Bonchev–Trinajstić information content (AvgIpc) is 3.53. The number of carbonyl (C=O) groups excluding carboxylic acids is 2. The Morgan fingerprint density at radius 3 is 2.45 bits per heavy atom. The van der Waals surface area contributed by atoms with Crippen LogP contribution >= 0.6 is 11.8 Å². The summed E-state index contributed by atoms with van der Waals surface area (Å²) in [6.45, 7) is 3.28. The molecule has 33 heavy (non-hydrogen) atoms. The second-order valence-corrected chi connectivity index (χ2v) is 10.00. The lowest BCUT2D eigenvalue weighted by Gasteiger charge is -2.33. The van der Waals surface area contributed by atoms with Crippen LogP contribution in [0.3, 0.4) is 0 Å². The average molecular weight is 463 g/mol. The van der Waals surface area contributed by atoms with Gasteiger partial charge in [-0.25, -0.2) is 4.98 Å². The minimum Gasteiger partial charge on any atom is -0.343 e. The smallest absolute Gasteiger partial charge is 0.254 e. The highest BCUT2D eigenvalue weighted by molar-refractivity contribution is 7.98. The minimum atomic E-state index is 0.0973. The first-order chi connectivity index (χ1) is 16.2. The molecule has 172 valence electrons. The van der Waals surface area contributed by atoms with E-state index in [0.29, 0.717) is 24.0 Å². The Hall–Kier alpha value is -2.80. The molecule has 3 aromatic rings. The Bertz CT molecular complexity index is 1100. The zero-order valence-corrected chi connectivity index (χ0v) is 19.7. The molecular weight excluding hydrogens is 432 g/mol. The van der Waals surface area contributed by atoms with Crippen LogP contribution in [-0.4, -0.2) is 57.8 Å². The van der Waals surface area contributed by atoms with Crippen molar-refractivity contribution in [3.05, 3.63) is 59.7 Å². The molecule has 7 heteroatoms. The third-order valence-corrected chi connectivity index (χ3v) is 7.73. The zero-order chi connectivity index (χ0) is 22.6. The van der Waals surface area contributed by atoms with E-state index in [0.717, 1.165) is 79.2 Å². The van der Waals surface area contributed by atoms with E-state index >= 15 is 0 Å². The summed E-state index contributed by atoms with van der Waals surface area (Å²) in [6, 6.07) is 15.9. The fourth-order valence-corrected chi connectivity index (χ4v) is 5.74. The maximum Gasteiger partial charge on any atom is 0.254 e. The molecule has 2 aliphatic rings. The second-order valence-electron chi connectivity index (χ2n) is 9.03. The van der Waals surface area contributed by atoms with Crippen LogP contribution in [0.1, 0.15) is 48.0 Å². The predicted octanol–water partition coefficient (Wildman–Crippen LogP) is 4.72. The standard InChI is InChI=1S/C26H30N4O2S/c31-24(29-13-5-6-14-29)17-19-11-15-30(16-12-19)25(32)21-8-2-1-7-20(21)18-33-26-27-22-9-3-4-10-23(22)28-26/h1-4,7-10,19H,5-6,11-18H2,(H,27,28). The highest BCUT2D eigenvalue weighted by atomic mass is 32.2. The summed E-state index contributed by atoms with van der Waals surface area (Å²) in [5.41, 5.74) is 3.78. The quantitative estimate of drug-likeness (QED) is 0.538. The molecule has 3 heterocycles. The van der Waals surface area contributed by atoms with Gasteiger partial charge in [-0.2, -0.15) is 0 Å². The number of piperidine rings is 1. The number of aromatic amines is 1. The van der Waals surface area contributed by atoms with Crippen LogP contribution in [0, 0.1) is 5.92 Å². The monoisotopic (exact) mass is 462 g/mol. The van der Waals surface area contributed by atoms with Crippen molar-refractivity contribution < 1.29 is 9.59 Å². The number of rotatable bonds is 6. The molecule has 0 aliphatic carbocycles. The Balaban J connectivity index is 1.18. The molecule has 2 saturated heterocycles. The molecule has 0 unspecified atom stereocenters. The van der Waals surface area contributed by atoms with Gasteiger partial charge >= 0.3 is 0 Å². The van der Waals surface area contributed by atoms with Crippen LogP contribution in [0.15, 0.2) is 53.7 Å². The molecule has 0 atom stereocenters. The largest absolute Gasteiger partial charge is 0.343 e. The van der Waals surface area contributed by atoms with Gasteiger partial charge in [-0.05, 0) is 55.4 Å². The van der Waals surface area contributed by atoms with Gasteiger partial charge in [-0.1, -0.05) is 42.1 Å². The van der Waals surface area contributed by atoms with Crippen molar-refractivity contribution in [3.63, 3.8) is 0 Å². The van der Waals surface area contributed by atoms with Crippen LogP contribution < -0.4 is 0 Å². The fourth-order valence-electron chi connectivity index (χ4n) is 4.85. The van der Waals surface area contributed by atoms with Crippen LogP contribution in [0.2, 0.25) is 0 Å². The zero-order valence-electron chi connectivity index (χ0n) is 18.8. The Morgan fingerprint density at radius 1 is 0.939 bits per heavy atom. The van der Waals surface area contributed by atoms with E-state index in [-0.39, 0.29) is 5.91 Å². The molecule has 2 fully saturated rings. The van der Waals surface area contributed by atoms with Gasteiger partial charge in [0.05, 0.1) is 11.0 Å². The van der Waals surface area contributed by atoms with Crippen LogP contribution in [0.25, 0.3) is 11.0 Å². The van der Waals surface area contributed by atoms with Gasteiger partial charge in [0, 0.05) is 43.9 Å². The summed E-state index contributed by atoms with van der Waals surface area (Å²) in [5, 5.41) is 0.863. The molecule has 0 bridgehead atoms. The summed E-state index contributed by atoms with van der Waals surface area (Å²) in [6.07, 6.45) is 4.70. The summed E-state index contributed by atoms with van der Waals surface area (Å²) >= 11 is 1.62. The SMILES string of the molecule is O=C(CC1CCN(C(=O)c2ccccc2CSc2nc3ccccc3[nH]2)CC1)N1CCCC1. The molecular formula is C26H30N4O2S. The van der Waals surface area contributed by atoms with Gasteiger partial charge in [0.1, 0.15) is 0 Å². The highest BCUT2D eigenvalue weighted by Gasteiger charge is 2.28. The van der Waals surface area contributed by atoms with Crippen molar-refractivity contribution in [3.8, 4) is 0 Å². The van der Waals surface area contributed by atoms with Crippen LogP contribution in [0.4, 0.5) is 0 Å². The number of H-pyrrole nitrogens is 1. The molecule has 0 saturated carbocycles.